The van der Waals surface area contributed by atoms with Crippen molar-refractivity contribution < 1.29 is 30.4 Å². The van der Waals surface area contributed by atoms with Crippen LogP contribution in [0.3, 0.4) is 0 Å². The van der Waals surface area contributed by atoms with Crippen molar-refractivity contribution in [2.45, 2.75) is 8.45 Å². The molecule has 2 atom stereocenters. The van der Waals surface area contributed by atoms with Gasteiger partial charge in [-0.25, -0.2) is 0 Å². The zero-order chi connectivity index (χ0) is 21.3. The molecule has 0 aromatic heterocycles. The molecule has 6 rings (SSSR count). The van der Waals surface area contributed by atoms with E-state index in [0.717, 1.165) is 0 Å². The number of hydrogen-bond acceptors (Lipinski definition) is 0. The van der Waals surface area contributed by atoms with Crippen LogP contribution in [0.2, 0.25) is 0 Å². The van der Waals surface area contributed by atoms with E-state index in [4.69, 9.17) is 0 Å². The molecule has 0 fully saturated rings. The molecule has 0 nitrogen and oxygen atoms in total. The van der Waals surface area contributed by atoms with Gasteiger partial charge in [0.05, 0.1) is 0 Å². The van der Waals surface area contributed by atoms with Gasteiger partial charge in [0, 0.05) is 0 Å². The number of benzene rings is 4. The molecule has 2 aliphatic rings. The molecule has 0 saturated heterocycles. The van der Waals surface area contributed by atoms with E-state index in [0.29, 0.717) is 8.45 Å². The summed E-state index contributed by atoms with van der Waals surface area (Å²) in [6.45, 7) is 0. The van der Waals surface area contributed by atoms with Crippen molar-refractivity contribution in [3.8, 4) is 0 Å². The second-order valence-corrected chi connectivity index (χ2v) is 18.5. The van der Waals surface area contributed by atoms with Gasteiger partial charge in [-0.05, 0) is 0 Å². The summed E-state index contributed by atoms with van der Waals surface area (Å²) in [6, 6.07) is 41.0. The van der Waals surface area contributed by atoms with E-state index in [1.54, 1.807) is 21.5 Å². The van der Waals surface area contributed by atoms with Gasteiger partial charge in [0.1, 0.15) is 0 Å². The normalized spacial score (nSPS) is 17.2. The summed E-state index contributed by atoms with van der Waals surface area (Å²) in [7, 11) is 0. The molecule has 0 N–H and O–H groups in total. The minimum atomic E-state index is -1.84. The molecule has 0 radical (unpaired) electrons. The van der Waals surface area contributed by atoms with Gasteiger partial charge in [-0.2, -0.15) is 0 Å². The van der Waals surface area contributed by atoms with Crippen LogP contribution in [-0.4, -0.2) is 6.19 Å². The monoisotopic (exact) mass is 496 g/mol. The van der Waals surface area contributed by atoms with Gasteiger partial charge in [0.15, 0.2) is 0 Å². The van der Waals surface area contributed by atoms with Crippen LogP contribution in [0, 0.1) is 0 Å². The minimum Gasteiger partial charge on any atom is -1.00 e. The molecule has 162 valence electrons. The third kappa shape index (κ3) is 4.16. The smallest absolute Gasteiger partial charge is 1.00 e. The summed E-state index contributed by atoms with van der Waals surface area (Å²) in [6.07, 6.45) is 8.93. The van der Waals surface area contributed by atoms with Crippen molar-refractivity contribution >= 4 is 28.7 Å². The largest absolute Gasteiger partial charge is 1.00 e. The first kappa shape index (κ1) is 22.4. The Bertz CT molecular complexity index is 1270. The Morgan fingerprint density at radius 1 is 0.515 bits per heavy atom. The second kappa shape index (κ2) is 9.83. The molecule has 0 bridgehead atoms. The van der Waals surface area contributed by atoms with Gasteiger partial charge in [0.25, 0.3) is 0 Å². The topological polar surface area (TPSA) is 0 Å². The van der Waals surface area contributed by atoms with E-state index in [2.05, 4.69) is 133 Å². The molecule has 0 aliphatic heterocycles. The van der Waals surface area contributed by atoms with E-state index in [1.165, 1.54) is 11.1 Å². The number of fused-ring (bicyclic) bond motifs is 2. The average Bonchev–Trinajstić information content (AvgIpc) is 3.48. The average molecular weight is 497 g/mol. The van der Waals surface area contributed by atoms with Crippen molar-refractivity contribution in [2.24, 2.45) is 0 Å². The first-order valence-electron chi connectivity index (χ1n) is 11.3. The Morgan fingerprint density at radius 3 is 1.36 bits per heavy atom. The van der Waals surface area contributed by atoms with Crippen LogP contribution in [0.5, 0.6) is 0 Å². The fourth-order valence-corrected chi connectivity index (χ4v) is 21.0. The number of allylic oxidation sites excluding steroid dienone is 2. The summed E-state index contributed by atoms with van der Waals surface area (Å²) >= 11 is -1.84. The third-order valence-corrected chi connectivity index (χ3v) is 20.7. The zero-order valence-corrected chi connectivity index (χ0v) is 21.6. The minimum absolute atomic E-state index is 0. The predicted octanol–water partition coefficient (Wildman–Crippen LogP) is 3.06. The van der Waals surface area contributed by atoms with Gasteiger partial charge >= 0.3 is 197 Å². The van der Waals surface area contributed by atoms with Crippen molar-refractivity contribution in [2.75, 3.05) is 0 Å². The fourth-order valence-electron chi connectivity index (χ4n) is 5.26. The molecule has 4 aromatic rings. The van der Waals surface area contributed by atoms with Crippen LogP contribution >= 0.6 is 0 Å². The van der Waals surface area contributed by atoms with Crippen LogP contribution in [-0.2, 0) is 16.6 Å². The molecule has 0 heterocycles. The SMILES string of the molecule is C1=C[CH]([Ti]([CH]2C=Cc3ccccc32)=[Si](c2ccccc2)c2ccccc2)c2ccccc21.[Cl-].[H-]. The Hall–Kier alpha value is -2.42. The molecule has 3 heteroatoms. The van der Waals surface area contributed by atoms with Crippen molar-refractivity contribution in [3.63, 3.8) is 0 Å². The van der Waals surface area contributed by atoms with Gasteiger partial charge in [-0.1, -0.05) is 0 Å². The number of rotatable bonds is 4. The van der Waals surface area contributed by atoms with E-state index in [9.17, 15) is 0 Å². The van der Waals surface area contributed by atoms with E-state index in [1.807, 2.05) is 0 Å². The Balaban J connectivity index is 0.00000137. The van der Waals surface area contributed by atoms with E-state index < -0.39 is 22.8 Å². The third-order valence-electron chi connectivity index (χ3n) is 6.68. The second-order valence-electron chi connectivity index (χ2n) is 8.49. The summed E-state index contributed by atoms with van der Waals surface area (Å²) in [5, 5.41) is 3.13. The first-order valence-corrected chi connectivity index (χ1v) is 16.9. The molecular formula is C30H25ClSiTi-2. The van der Waals surface area contributed by atoms with Crippen molar-refractivity contribution in [3.05, 3.63) is 144 Å². The molecule has 0 spiro atoms. The summed E-state index contributed by atoms with van der Waals surface area (Å²) in [5.41, 5.74) is 5.93. The van der Waals surface area contributed by atoms with Gasteiger partial charge in [0.2, 0.25) is 0 Å². The maximum absolute atomic E-state index is 2.55. The molecule has 4 aromatic carbocycles. The fraction of sp³-hybridized carbons (Fsp3) is 0.0667. The van der Waals surface area contributed by atoms with Crippen LogP contribution in [0.1, 0.15) is 32.1 Å². The van der Waals surface area contributed by atoms with E-state index in [-0.39, 0.29) is 13.8 Å². The maximum Gasteiger partial charge on any atom is -1.00 e. The van der Waals surface area contributed by atoms with E-state index >= 15 is 0 Å². The Kier molecular flexibility index (Phi) is 6.67. The van der Waals surface area contributed by atoms with Crippen LogP contribution in [0.15, 0.2) is 121 Å². The van der Waals surface area contributed by atoms with Gasteiger partial charge < -0.3 is 13.8 Å². The van der Waals surface area contributed by atoms with Gasteiger partial charge in [-0.15, -0.1) is 0 Å². The van der Waals surface area contributed by atoms with Crippen LogP contribution < -0.4 is 22.8 Å². The quantitative estimate of drug-likeness (QED) is 0.381. The molecule has 33 heavy (non-hydrogen) atoms. The van der Waals surface area contributed by atoms with Crippen molar-refractivity contribution in [1.29, 1.82) is 0 Å². The Morgan fingerprint density at radius 2 is 0.909 bits per heavy atom. The standard InChI is InChI=1S/C12H10Si.2C9H7.ClH.Ti.H/c1-3-7-11(8-4-1)13-12-9-5-2-6-10-12;2*1-2-5-9-7-3-6-8(9)4-1;;;/h1-10H;2*1-7H;1H;;/q;;;;;-1/p-1. The summed E-state index contributed by atoms with van der Waals surface area (Å²) in [4.78, 5) is 0. The number of halogens is 1. The van der Waals surface area contributed by atoms with Crippen LogP contribution in [0.4, 0.5) is 0 Å². The molecule has 2 aliphatic carbocycles. The number of hydrogen-bond donors (Lipinski definition) is 0. The summed E-state index contributed by atoms with van der Waals surface area (Å²) in [5.74, 6) is 0. The maximum atomic E-state index is 2.55. The van der Waals surface area contributed by atoms with Crippen LogP contribution in [0.25, 0.3) is 12.2 Å². The molecule has 0 amide bonds. The zero-order valence-electron chi connectivity index (χ0n) is 19.2. The molecule has 2 unspecified atom stereocenters. The molecule has 0 saturated carbocycles. The molecular weight excluding hydrogens is 472 g/mol. The summed E-state index contributed by atoms with van der Waals surface area (Å²) < 4.78 is 1.14. The van der Waals surface area contributed by atoms with Gasteiger partial charge in [-0.3, -0.25) is 0 Å². The predicted molar refractivity (Wildman–Crippen MR) is 135 cm³/mol. The Labute approximate surface area is 210 Å². The van der Waals surface area contributed by atoms with Crippen molar-refractivity contribution in [1.82, 2.24) is 0 Å². The first-order chi connectivity index (χ1) is 15.9.